The molecule has 0 saturated heterocycles. The van der Waals surface area contributed by atoms with E-state index in [4.69, 9.17) is 0 Å². The third-order valence-corrected chi connectivity index (χ3v) is 7.04. The van der Waals surface area contributed by atoms with E-state index in [2.05, 4.69) is 92.3 Å². The average Bonchev–Trinajstić information content (AvgIpc) is 3.14. The van der Waals surface area contributed by atoms with Gasteiger partial charge >= 0.3 is 0 Å². The highest BCUT2D eigenvalue weighted by atomic mass is 15.0. The zero-order valence-corrected chi connectivity index (χ0v) is 20.7. The highest BCUT2D eigenvalue weighted by Gasteiger charge is 2.10. The molecule has 1 N–H and O–H groups in total. The van der Waals surface area contributed by atoms with Crippen LogP contribution in [0.25, 0.3) is 28.1 Å². The van der Waals surface area contributed by atoms with Crippen LogP contribution in [-0.4, -0.2) is 22.4 Å². The second-order valence-electron chi connectivity index (χ2n) is 8.90. The van der Waals surface area contributed by atoms with E-state index >= 15 is 0 Å². The molecule has 0 atom stereocenters. The van der Waals surface area contributed by atoms with Crippen molar-refractivity contribution in [2.45, 2.75) is 34.6 Å². The number of benzene rings is 2. The Morgan fingerprint density at radius 2 is 1.67 bits per heavy atom. The zero-order chi connectivity index (χ0) is 23.9. The molecule has 0 aliphatic carbocycles. The zero-order valence-electron chi connectivity index (χ0n) is 20.7. The summed E-state index contributed by atoms with van der Waals surface area (Å²) in [5.41, 5.74) is 11.0. The van der Waals surface area contributed by atoms with Crippen molar-refractivity contribution in [2.75, 3.05) is 5.32 Å². The molecule has 2 aromatic heterocycles. The summed E-state index contributed by atoms with van der Waals surface area (Å²) in [5.74, 6) is 1.77. The first-order valence-electron chi connectivity index (χ1n) is 11.3. The maximum Gasteiger partial charge on any atom is 0.140 e. The van der Waals surface area contributed by atoms with Gasteiger partial charge in [-0.3, -0.25) is 0 Å². The number of rotatable bonds is 5. The maximum atomic E-state index is 4.58. The summed E-state index contributed by atoms with van der Waals surface area (Å²) in [4.78, 5) is 9.00. The number of aromatic nitrogens is 3. The van der Waals surface area contributed by atoms with Gasteiger partial charge in [-0.15, -0.1) is 0 Å². The highest BCUT2D eigenvalue weighted by molar-refractivity contribution is 6.35. The number of hydrogen-bond donors (Lipinski definition) is 1. The van der Waals surface area contributed by atoms with Gasteiger partial charge in [-0.1, -0.05) is 35.8 Å². The average molecular weight is 434 g/mol. The van der Waals surface area contributed by atoms with Gasteiger partial charge in [0.05, 0.1) is 11.9 Å². The van der Waals surface area contributed by atoms with E-state index < -0.39 is 0 Å². The highest BCUT2D eigenvalue weighted by Crippen LogP contribution is 2.26. The van der Waals surface area contributed by atoms with Gasteiger partial charge in [0.1, 0.15) is 19.5 Å². The van der Waals surface area contributed by atoms with Crippen LogP contribution in [0.4, 0.5) is 5.82 Å². The molecule has 0 aliphatic heterocycles. The van der Waals surface area contributed by atoms with Crippen molar-refractivity contribution < 1.29 is 0 Å². The van der Waals surface area contributed by atoms with E-state index in [1.807, 2.05) is 32.4 Å². The van der Waals surface area contributed by atoms with Crippen LogP contribution < -0.4 is 10.8 Å². The fourth-order valence-corrected chi connectivity index (χ4v) is 4.31. The molecular formula is C28H31BN4. The van der Waals surface area contributed by atoms with E-state index in [0.29, 0.717) is 0 Å². The lowest BCUT2D eigenvalue weighted by atomic mass is 9.79. The number of nitrogens with one attached hydrogen (secondary N) is 1. The molecule has 0 bridgehead atoms. The molecule has 0 amide bonds. The lowest BCUT2D eigenvalue weighted by Gasteiger charge is -2.17. The van der Waals surface area contributed by atoms with Crippen LogP contribution in [0.2, 0.25) is 0 Å². The molecule has 0 saturated carbocycles. The molecule has 0 radical (unpaired) electrons. The second kappa shape index (κ2) is 8.74. The number of fused-ring (bicyclic) bond motifs is 1. The van der Waals surface area contributed by atoms with Crippen LogP contribution in [0.3, 0.4) is 0 Å². The summed E-state index contributed by atoms with van der Waals surface area (Å²) in [6, 6.07) is 8.47. The van der Waals surface area contributed by atoms with Gasteiger partial charge in [0.15, 0.2) is 0 Å². The first-order valence-corrected chi connectivity index (χ1v) is 11.3. The predicted molar refractivity (Wildman–Crippen MR) is 144 cm³/mol. The Bertz CT molecular complexity index is 1400. The van der Waals surface area contributed by atoms with E-state index in [9.17, 15) is 0 Å². The topological polar surface area (TPSA) is 42.7 Å². The minimum absolute atomic E-state index is 0.778. The van der Waals surface area contributed by atoms with Crippen LogP contribution in [0.5, 0.6) is 0 Å². The van der Waals surface area contributed by atoms with Crippen molar-refractivity contribution in [3.8, 4) is 11.3 Å². The Morgan fingerprint density at radius 1 is 0.939 bits per heavy atom. The van der Waals surface area contributed by atoms with Gasteiger partial charge in [-0.2, -0.15) is 0 Å². The Morgan fingerprint density at radius 3 is 2.36 bits per heavy atom. The summed E-state index contributed by atoms with van der Waals surface area (Å²) in [6.45, 7) is 15.0. The molecular weight excluding hydrogens is 403 g/mol. The SMILES string of the molecule is Bc1c(C)c(C)c(C)c(C)c1/C=C/C(=C)Nc1cc2cc(-c3cnc(C)n3C)ccc2cn1. The lowest BCUT2D eigenvalue weighted by Crippen LogP contribution is -2.16. The Hall–Kier alpha value is -3.60. The summed E-state index contributed by atoms with van der Waals surface area (Å²) in [5, 5.41) is 5.57. The standard InChI is InChI=1S/C28H31BN4/c1-16(8-11-25-19(4)17(2)18(3)20(5)28(25)29)32-27-13-24-12-22(9-10-23(24)14-31-27)26-15-30-21(6)33(26)7/h8-15H,1,29H2,2-7H3,(H,31,32)/b11-8+. The van der Waals surface area contributed by atoms with Gasteiger partial charge in [-0.05, 0) is 80.5 Å². The molecule has 4 aromatic rings. The molecule has 0 fully saturated rings. The number of aryl methyl sites for hydroxylation is 1. The first kappa shape index (κ1) is 22.6. The fraction of sp³-hybridized carbons (Fsp3) is 0.214. The van der Waals surface area contributed by atoms with Crippen LogP contribution in [-0.2, 0) is 7.05 Å². The van der Waals surface area contributed by atoms with Crippen molar-refractivity contribution in [2.24, 2.45) is 7.05 Å². The second-order valence-corrected chi connectivity index (χ2v) is 8.90. The van der Waals surface area contributed by atoms with Gasteiger partial charge in [0.25, 0.3) is 0 Å². The fourth-order valence-electron chi connectivity index (χ4n) is 4.31. The number of allylic oxidation sites excluding steroid dienone is 1. The minimum Gasteiger partial charge on any atom is -0.341 e. The molecule has 0 unspecified atom stereocenters. The quantitative estimate of drug-likeness (QED) is 0.352. The van der Waals surface area contributed by atoms with Gasteiger partial charge in [0.2, 0.25) is 0 Å². The Kier molecular flexibility index (Phi) is 5.98. The molecule has 0 aliphatic rings. The van der Waals surface area contributed by atoms with Crippen molar-refractivity contribution in [1.29, 1.82) is 0 Å². The van der Waals surface area contributed by atoms with E-state index in [1.54, 1.807) is 0 Å². The normalized spacial score (nSPS) is 11.5. The van der Waals surface area contributed by atoms with Gasteiger partial charge in [0, 0.05) is 29.9 Å². The predicted octanol–water partition coefficient (Wildman–Crippen LogP) is 5.07. The molecule has 2 aromatic carbocycles. The van der Waals surface area contributed by atoms with E-state index in [0.717, 1.165) is 39.4 Å². The molecule has 5 heteroatoms. The molecule has 4 rings (SSSR count). The first-order chi connectivity index (χ1) is 15.7. The van der Waals surface area contributed by atoms with Crippen LogP contribution in [0.15, 0.2) is 55.0 Å². The summed E-state index contributed by atoms with van der Waals surface area (Å²) >= 11 is 0. The third-order valence-electron chi connectivity index (χ3n) is 7.04. The lowest BCUT2D eigenvalue weighted by molar-refractivity contribution is 0.865. The van der Waals surface area contributed by atoms with Gasteiger partial charge < -0.3 is 9.88 Å². The third kappa shape index (κ3) is 4.23. The summed E-state index contributed by atoms with van der Waals surface area (Å²) < 4.78 is 2.10. The number of pyridine rings is 1. The largest absolute Gasteiger partial charge is 0.341 e. The molecule has 4 nitrogen and oxygen atoms in total. The van der Waals surface area contributed by atoms with Crippen molar-refractivity contribution in [3.63, 3.8) is 0 Å². The van der Waals surface area contributed by atoms with E-state index in [-0.39, 0.29) is 0 Å². The van der Waals surface area contributed by atoms with Crippen LogP contribution >= 0.6 is 0 Å². The monoisotopic (exact) mass is 434 g/mol. The molecule has 166 valence electrons. The van der Waals surface area contributed by atoms with Crippen LogP contribution in [0.1, 0.15) is 33.6 Å². The van der Waals surface area contributed by atoms with Crippen molar-refractivity contribution >= 4 is 36.0 Å². The number of nitrogens with zero attached hydrogens (tertiary/aromatic N) is 3. The number of anilines is 1. The van der Waals surface area contributed by atoms with E-state index in [1.165, 1.54) is 33.3 Å². The van der Waals surface area contributed by atoms with Gasteiger partial charge in [-0.25, -0.2) is 9.97 Å². The number of imidazole rings is 1. The Labute approximate surface area is 197 Å². The van der Waals surface area contributed by atoms with Crippen molar-refractivity contribution in [3.05, 3.63) is 88.7 Å². The number of hydrogen-bond acceptors (Lipinski definition) is 3. The molecule has 33 heavy (non-hydrogen) atoms. The summed E-state index contributed by atoms with van der Waals surface area (Å²) in [6.07, 6.45) is 8.00. The Balaban J connectivity index is 1.59. The minimum atomic E-state index is 0.778. The smallest absolute Gasteiger partial charge is 0.140 e. The maximum absolute atomic E-state index is 4.58. The van der Waals surface area contributed by atoms with Crippen LogP contribution in [0, 0.1) is 34.6 Å². The summed E-state index contributed by atoms with van der Waals surface area (Å²) in [7, 11) is 4.23. The molecule has 2 heterocycles. The molecule has 0 spiro atoms. The van der Waals surface area contributed by atoms with Crippen molar-refractivity contribution in [1.82, 2.24) is 14.5 Å².